The standard InChI is InChI=1S/C8H9ClN4S/c9-6-1-2-14-8(6)7(10)3-13-5-11-4-12-13/h1-2,4-5,7H,3,10H2. The van der Waals surface area contributed by atoms with Crippen LogP contribution in [0.5, 0.6) is 0 Å². The van der Waals surface area contributed by atoms with Gasteiger partial charge in [-0.05, 0) is 11.4 Å². The third-order valence-corrected chi connectivity index (χ3v) is 3.32. The summed E-state index contributed by atoms with van der Waals surface area (Å²) in [7, 11) is 0. The molecule has 4 nitrogen and oxygen atoms in total. The van der Waals surface area contributed by atoms with E-state index in [1.807, 2.05) is 11.4 Å². The molecular formula is C8H9ClN4S. The molecule has 0 bridgehead atoms. The van der Waals surface area contributed by atoms with E-state index in [1.165, 1.54) is 6.33 Å². The molecule has 1 atom stereocenters. The highest BCUT2D eigenvalue weighted by Gasteiger charge is 2.12. The maximum absolute atomic E-state index is 5.97. The van der Waals surface area contributed by atoms with Gasteiger partial charge in [-0.15, -0.1) is 11.3 Å². The van der Waals surface area contributed by atoms with E-state index < -0.39 is 0 Å². The van der Waals surface area contributed by atoms with E-state index >= 15 is 0 Å². The van der Waals surface area contributed by atoms with Crippen LogP contribution in [0, 0.1) is 0 Å². The van der Waals surface area contributed by atoms with Gasteiger partial charge in [0.15, 0.2) is 0 Å². The summed E-state index contributed by atoms with van der Waals surface area (Å²) < 4.78 is 1.70. The highest BCUT2D eigenvalue weighted by Crippen LogP contribution is 2.27. The Labute approximate surface area is 90.3 Å². The predicted octanol–water partition coefficient (Wildman–Crippen LogP) is 1.69. The predicted molar refractivity (Wildman–Crippen MR) is 56.3 cm³/mol. The van der Waals surface area contributed by atoms with E-state index in [0.29, 0.717) is 6.54 Å². The van der Waals surface area contributed by atoms with Gasteiger partial charge >= 0.3 is 0 Å². The molecule has 6 heteroatoms. The molecule has 0 saturated carbocycles. The minimum Gasteiger partial charge on any atom is -0.322 e. The van der Waals surface area contributed by atoms with Crippen molar-refractivity contribution in [2.45, 2.75) is 12.6 Å². The number of nitrogens with zero attached hydrogens (tertiary/aromatic N) is 3. The van der Waals surface area contributed by atoms with E-state index in [-0.39, 0.29) is 6.04 Å². The zero-order valence-electron chi connectivity index (χ0n) is 7.30. The zero-order valence-corrected chi connectivity index (χ0v) is 8.87. The average Bonchev–Trinajstić information content (AvgIpc) is 2.75. The molecule has 74 valence electrons. The summed E-state index contributed by atoms with van der Waals surface area (Å²) in [6.07, 6.45) is 3.13. The van der Waals surface area contributed by atoms with Crippen LogP contribution in [0.4, 0.5) is 0 Å². The van der Waals surface area contributed by atoms with Crippen LogP contribution in [0.15, 0.2) is 24.1 Å². The molecule has 2 rings (SSSR count). The Hall–Kier alpha value is -0.910. The third kappa shape index (κ3) is 1.95. The lowest BCUT2D eigenvalue weighted by Gasteiger charge is -2.09. The minimum atomic E-state index is -0.121. The van der Waals surface area contributed by atoms with Gasteiger partial charge in [0.05, 0.1) is 17.6 Å². The smallest absolute Gasteiger partial charge is 0.137 e. The van der Waals surface area contributed by atoms with Crippen LogP contribution in [-0.2, 0) is 6.54 Å². The van der Waals surface area contributed by atoms with Crippen molar-refractivity contribution in [3.63, 3.8) is 0 Å². The Kier molecular flexibility index (Phi) is 2.81. The largest absolute Gasteiger partial charge is 0.322 e. The molecule has 0 aromatic carbocycles. The van der Waals surface area contributed by atoms with Gasteiger partial charge in [-0.1, -0.05) is 11.6 Å². The second kappa shape index (κ2) is 4.08. The average molecular weight is 229 g/mol. The number of aromatic nitrogens is 3. The van der Waals surface area contributed by atoms with Gasteiger partial charge < -0.3 is 5.73 Å². The molecule has 0 radical (unpaired) electrons. The first kappa shape index (κ1) is 9.64. The van der Waals surface area contributed by atoms with Gasteiger partial charge in [0.2, 0.25) is 0 Å². The van der Waals surface area contributed by atoms with Gasteiger partial charge in [0.25, 0.3) is 0 Å². The number of hydrogen-bond donors (Lipinski definition) is 1. The van der Waals surface area contributed by atoms with Crippen molar-refractivity contribution < 1.29 is 0 Å². The van der Waals surface area contributed by atoms with Crippen molar-refractivity contribution in [3.8, 4) is 0 Å². The fraction of sp³-hybridized carbons (Fsp3) is 0.250. The van der Waals surface area contributed by atoms with Crippen LogP contribution in [0.1, 0.15) is 10.9 Å². The maximum Gasteiger partial charge on any atom is 0.137 e. The first-order chi connectivity index (χ1) is 6.77. The van der Waals surface area contributed by atoms with Gasteiger partial charge in [-0.2, -0.15) is 5.10 Å². The van der Waals surface area contributed by atoms with Crippen molar-refractivity contribution in [1.82, 2.24) is 14.8 Å². The number of halogens is 1. The Morgan fingerprint density at radius 2 is 2.50 bits per heavy atom. The molecule has 0 aliphatic carbocycles. The first-order valence-electron chi connectivity index (χ1n) is 4.08. The zero-order chi connectivity index (χ0) is 9.97. The number of hydrogen-bond acceptors (Lipinski definition) is 4. The van der Waals surface area contributed by atoms with Gasteiger partial charge in [0.1, 0.15) is 12.7 Å². The molecule has 2 aromatic rings. The molecule has 0 amide bonds. The molecule has 0 spiro atoms. The van der Waals surface area contributed by atoms with Crippen molar-refractivity contribution in [2.75, 3.05) is 0 Å². The van der Waals surface area contributed by atoms with Crippen LogP contribution in [0.2, 0.25) is 5.02 Å². The Bertz CT molecular complexity index is 397. The fourth-order valence-corrected chi connectivity index (χ4v) is 2.37. The Balaban J connectivity index is 2.10. The molecule has 2 aromatic heterocycles. The highest BCUT2D eigenvalue weighted by molar-refractivity contribution is 7.10. The quantitative estimate of drug-likeness (QED) is 0.870. The molecule has 2 N–H and O–H groups in total. The van der Waals surface area contributed by atoms with E-state index in [9.17, 15) is 0 Å². The third-order valence-electron chi connectivity index (χ3n) is 1.83. The van der Waals surface area contributed by atoms with Gasteiger partial charge in [0, 0.05) is 4.88 Å². The summed E-state index contributed by atoms with van der Waals surface area (Å²) in [4.78, 5) is 4.83. The summed E-state index contributed by atoms with van der Waals surface area (Å²) in [5, 5.41) is 6.64. The Morgan fingerprint density at radius 1 is 1.64 bits per heavy atom. The topological polar surface area (TPSA) is 56.7 Å². The van der Waals surface area contributed by atoms with E-state index in [2.05, 4.69) is 10.1 Å². The van der Waals surface area contributed by atoms with Crippen LogP contribution >= 0.6 is 22.9 Å². The number of rotatable bonds is 3. The number of nitrogens with two attached hydrogens (primary N) is 1. The van der Waals surface area contributed by atoms with E-state index in [4.69, 9.17) is 17.3 Å². The van der Waals surface area contributed by atoms with Crippen LogP contribution < -0.4 is 5.73 Å². The lowest BCUT2D eigenvalue weighted by Crippen LogP contribution is -2.17. The lowest BCUT2D eigenvalue weighted by molar-refractivity contribution is 0.532. The van der Waals surface area contributed by atoms with E-state index in [1.54, 1.807) is 22.3 Å². The minimum absolute atomic E-state index is 0.121. The monoisotopic (exact) mass is 228 g/mol. The summed E-state index contributed by atoms with van der Waals surface area (Å²) in [5.74, 6) is 0. The fourth-order valence-electron chi connectivity index (χ4n) is 1.18. The summed E-state index contributed by atoms with van der Waals surface area (Å²) in [6.45, 7) is 0.597. The molecule has 1 unspecified atom stereocenters. The van der Waals surface area contributed by atoms with Crippen LogP contribution in [0.3, 0.4) is 0 Å². The molecule has 2 heterocycles. The SMILES string of the molecule is NC(Cn1cncn1)c1sccc1Cl. The summed E-state index contributed by atoms with van der Waals surface area (Å²) in [5.41, 5.74) is 5.97. The van der Waals surface area contributed by atoms with Gasteiger partial charge in [-0.3, -0.25) is 4.68 Å². The van der Waals surface area contributed by atoms with Gasteiger partial charge in [-0.25, -0.2) is 4.98 Å². The molecule has 0 saturated heterocycles. The lowest BCUT2D eigenvalue weighted by atomic mass is 10.2. The van der Waals surface area contributed by atoms with E-state index in [0.717, 1.165) is 9.90 Å². The summed E-state index contributed by atoms with van der Waals surface area (Å²) >= 11 is 7.52. The van der Waals surface area contributed by atoms with Crippen LogP contribution in [0.25, 0.3) is 0 Å². The molecule has 0 fully saturated rings. The number of thiophene rings is 1. The Morgan fingerprint density at radius 3 is 3.07 bits per heavy atom. The molecule has 14 heavy (non-hydrogen) atoms. The second-order valence-electron chi connectivity index (χ2n) is 2.86. The highest BCUT2D eigenvalue weighted by atomic mass is 35.5. The van der Waals surface area contributed by atoms with Crippen molar-refractivity contribution in [1.29, 1.82) is 0 Å². The maximum atomic E-state index is 5.97. The van der Waals surface area contributed by atoms with Crippen molar-refractivity contribution in [3.05, 3.63) is 34.0 Å². The first-order valence-corrected chi connectivity index (χ1v) is 5.34. The van der Waals surface area contributed by atoms with Crippen molar-refractivity contribution >= 4 is 22.9 Å². The summed E-state index contributed by atoms with van der Waals surface area (Å²) in [6, 6.07) is 1.73. The molecule has 0 aliphatic heterocycles. The van der Waals surface area contributed by atoms with Crippen LogP contribution in [-0.4, -0.2) is 14.8 Å². The second-order valence-corrected chi connectivity index (χ2v) is 4.21. The van der Waals surface area contributed by atoms with Crippen molar-refractivity contribution in [2.24, 2.45) is 5.73 Å². The normalized spacial score (nSPS) is 13.0. The molecule has 0 aliphatic rings. The molecular weight excluding hydrogens is 220 g/mol.